The number of likely N-dealkylation sites (tertiary alicyclic amines) is 1. The second-order valence-electron chi connectivity index (χ2n) is 7.30. The highest BCUT2D eigenvalue weighted by Gasteiger charge is 2.28. The van der Waals surface area contributed by atoms with E-state index in [1.165, 1.54) is 11.1 Å². The van der Waals surface area contributed by atoms with Crippen LogP contribution in [0.5, 0.6) is 0 Å². The molecule has 1 aliphatic carbocycles. The fourth-order valence-corrected chi connectivity index (χ4v) is 4.99. The number of carbonyl (C=O) groups excluding carboxylic acids is 1. The fraction of sp³-hybridized carbons (Fsp3) is 0.364. The van der Waals surface area contributed by atoms with Crippen molar-refractivity contribution >= 4 is 44.9 Å². The third kappa shape index (κ3) is 3.76. The highest BCUT2D eigenvalue weighted by Crippen LogP contribution is 2.43. The highest BCUT2D eigenvalue weighted by molar-refractivity contribution is 9.10. The van der Waals surface area contributed by atoms with Gasteiger partial charge in [-0.15, -0.1) is 0 Å². The average molecular weight is 477 g/mol. The van der Waals surface area contributed by atoms with Gasteiger partial charge in [-0.2, -0.15) is 0 Å². The van der Waals surface area contributed by atoms with Crippen LogP contribution in [0.15, 0.2) is 34.4 Å². The van der Waals surface area contributed by atoms with Gasteiger partial charge in [-0.05, 0) is 77.4 Å². The van der Waals surface area contributed by atoms with Crippen molar-refractivity contribution < 1.29 is 9.53 Å². The predicted molar refractivity (Wildman–Crippen MR) is 119 cm³/mol. The minimum atomic E-state index is -0.241. The Morgan fingerprint density at radius 2 is 2.07 bits per heavy atom. The number of rotatable bonds is 1. The van der Waals surface area contributed by atoms with Crippen LogP contribution in [0.1, 0.15) is 42.1 Å². The van der Waals surface area contributed by atoms with Crippen LogP contribution in [0.25, 0.3) is 5.57 Å². The summed E-state index contributed by atoms with van der Waals surface area (Å²) in [6.45, 7) is 3.49. The van der Waals surface area contributed by atoms with E-state index in [-0.39, 0.29) is 6.09 Å². The number of piperidine rings is 1. The maximum atomic E-state index is 12.1. The summed E-state index contributed by atoms with van der Waals surface area (Å²) in [4.78, 5) is 18.6. The molecule has 1 amide bonds. The molecule has 2 aromatic rings. The SMILES string of the molecule is CCOC(=O)N1CCC(=C2c3cc(N)c(Cl)c(Br)c3CCc3cccnc32)CC1. The van der Waals surface area contributed by atoms with E-state index >= 15 is 0 Å². The van der Waals surface area contributed by atoms with E-state index in [4.69, 9.17) is 27.1 Å². The van der Waals surface area contributed by atoms with Crippen molar-refractivity contribution in [1.29, 1.82) is 0 Å². The topological polar surface area (TPSA) is 68.5 Å². The minimum Gasteiger partial charge on any atom is -0.450 e. The second kappa shape index (κ2) is 8.36. The van der Waals surface area contributed by atoms with Crippen molar-refractivity contribution in [2.24, 2.45) is 0 Å². The summed E-state index contributed by atoms with van der Waals surface area (Å²) < 4.78 is 6.03. The second-order valence-corrected chi connectivity index (χ2v) is 8.47. The first-order chi connectivity index (χ1) is 14.0. The third-order valence-corrected chi connectivity index (χ3v) is 7.13. The van der Waals surface area contributed by atoms with Crippen molar-refractivity contribution in [3.8, 4) is 0 Å². The van der Waals surface area contributed by atoms with Crippen LogP contribution in [-0.2, 0) is 17.6 Å². The number of carbonyl (C=O) groups is 1. The average Bonchev–Trinajstić information content (AvgIpc) is 2.89. The monoisotopic (exact) mass is 475 g/mol. The van der Waals surface area contributed by atoms with E-state index in [0.717, 1.165) is 52.5 Å². The Hall–Kier alpha value is -2.05. The molecule has 0 radical (unpaired) electrons. The largest absolute Gasteiger partial charge is 0.450 e. The molecule has 7 heteroatoms. The van der Waals surface area contributed by atoms with Crippen LogP contribution in [0, 0.1) is 0 Å². The Morgan fingerprint density at radius 1 is 1.31 bits per heavy atom. The molecule has 2 aliphatic rings. The maximum absolute atomic E-state index is 12.1. The molecule has 1 fully saturated rings. The van der Waals surface area contributed by atoms with E-state index in [1.807, 2.05) is 25.3 Å². The number of ether oxygens (including phenoxy) is 1. The molecule has 1 aliphatic heterocycles. The van der Waals surface area contributed by atoms with Gasteiger partial charge in [0.15, 0.2) is 0 Å². The molecule has 1 aromatic heterocycles. The molecule has 152 valence electrons. The van der Waals surface area contributed by atoms with Crippen molar-refractivity contribution in [2.45, 2.75) is 32.6 Å². The van der Waals surface area contributed by atoms with E-state index in [1.54, 1.807) is 4.90 Å². The van der Waals surface area contributed by atoms with Gasteiger partial charge in [-0.25, -0.2) is 4.79 Å². The highest BCUT2D eigenvalue weighted by atomic mass is 79.9. The summed E-state index contributed by atoms with van der Waals surface area (Å²) in [5.74, 6) is 0. The zero-order valence-electron chi connectivity index (χ0n) is 16.3. The van der Waals surface area contributed by atoms with Gasteiger partial charge in [0.05, 0.1) is 23.0 Å². The number of amides is 1. The molecular weight excluding hydrogens is 454 g/mol. The Morgan fingerprint density at radius 3 is 2.79 bits per heavy atom. The quantitative estimate of drug-likeness (QED) is 0.572. The van der Waals surface area contributed by atoms with E-state index in [9.17, 15) is 4.79 Å². The molecule has 4 rings (SSSR count). The van der Waals surface area contributed by atoms with E-state index in [2.05, 4.69) is 22.0 Å². The smallest absolute Gasteiger partial charge is 0.409 e. The number of hydrogen-bond donors (Lipinski definition) is 1. The Labute approximate surface area is 184 Å². The van der Waals surface area contributed by atoms with E-state index < -0.39 is 0 Å². The number of halogens is 2. The van der Waals surface area contributed by atoms with Crippen LogP contribution >= 0.6 is 27.5 Å². The maximum Gasteiger partial charge on any atom is 0.409 e. The molecular formula is C22H23BrClN3O2. The van der Waals surface area contributed by atoms with Gasteiger partial charge in [-0.1, -0.05) is 23.2 Å². The number of nitrogens with two attached hydrogens (primary N) is 1. The number of anilines is 1. The number of aromatic nitrogens is 1. The fourth-order valence-electron chi connectivity index (χ4n) is 4.19. The minimum absolute atomic E-state index is 0.241. The number of fused-ring (bicyclic) bond motifs is 2. The molecule has 2 heterocycles. The lowest BCUT2D eigenvalue weighted by Gasteiger charge is -2.29. The molecule has 5 nitrogen and oxygen atoms in total. The number of aryl methyl sites for hydroxylation is 1. The third-order valence-electron chi connectivity index (χ3n) is 5.62. The first kappa shape index (κ1) is 20.2. The summed E-state index contributed by atoms with van der Waals surface area (Å²) in [5, 5.41) is 0.559. The van der Waals surface area contributed by atoms with Gasteiger partial charge < -0.3 is 15.4 Å². The number of benzene rings is 1. The standard InChI is InChI=1S/C22H23BrClN3O2/c1-2-29-22(28)27-10-7-13(8-11-27)18-16-12-17(25)20(24)19(23)15(16)6-5-14-4-3-9-26-21(14)18/h3-4,9,12H,2,5-8,10-11,25H2,1H3. The molecule has 1 saturated heterocycles. The van der Waals surface area contributed by atoms with Gasteiger partial charge in [0.25, 0.3) is 0 Å². The van der Waals surface area contributed by atoms with Gasteiger partial charge in [0.2, 0.25) is 0 Å². The summed E-state index contributed by atoms with van der Waals surface area (Å²) in [7, 11) is 0. The Bertz CT molecular complexity index is 996. The summed E-state index contributed by atoms with van der Waals surface area (Å²) in [6.07, 6.45) is 4.91. The molecule has 0 atom stereocenters. The van der Waals surface area contributed by atoms with Gasteiger partial charge in [-0.3, -0.25) is 4.98 Å². The summed E-state index contributed by atoms with van der Waals surface area (Å²) >= 11 is 10.1. The van der Waals surface area contributed by atoms with Crippen LogP contribution in [0.2, 0.25) is 5.02 Å². The van der Waals surface area contributed by atoms with Crippen LogP contribution < -0.4 is 5.73 Å². The summed E-state index contributed by atoms with van der Waals surface area (Å²) in [6, 6.07) is 6.10. The lowest BCUT2D eigenvalue weighted by Crippen LogP contribution is -2.37. The van der Waals surface area contributed by atoms with Crippen molar-refractivity contribution in [3.63, 3.8) is 0 Å². The normalized spacial score (nSPS) is 16.2. The number of pyridine rings is 1. The molecule has 0 bridgehead atoms. The molecule has 0 unspecified atom stereocenters. The molecule has 29 heavy (non-hydrogen) atoms. The van der Waals surface area contributed by atoms with E-state index in [0.29, 0.717) is 30.4 Å². The number of hydrogen-bond acceptors (Lipinski definition) is 4. The van der Waals surface area contributed by atoms with Gasteiger partial charge in [0.1, 0.15) is 0 Å². The number of nitrogens with zero attached hydrogens (tertiary/aromatic N) is 2. The Kier molecular flexibility index (Phi) is 5.83. The molecule has 1 aromatic carbocycles. The van der Waals surface area contributed by atoms with Crippen molar-refractivity contribution in [2.75, 3.05) is 25.4 Å². The van der Waals surface area contributed by atoms with Crippen molar-refractivity contribution in [1.82, 2.24) is 9.88 Å². The molecule has 0 spiro atoms. The lowest BCUT2D eigenvalue weighted by molar-refractivity contribution is 0.104. The number of nitrogen functional groups attached to an aromatic ring is 1. The predicted octanol–water partition coefficient (Wildman–Crippen LogP) is 5.23. The van der Waals surface area contributed by atoms with Crippen LogP contribution in [-0.4, -0.2) is 35.7 Å². The van der Waals surface area contributed by atoms with Crippen LogP contribution in [0.3, 0.4) is 0 Å². The first-order valence-corrected chi connectivity index (χ1v) is 11.0. The van der Waals surface area contributed by atoms with Gasteiger partial charge in [0, 0.05) is 29.3 Å². The molecule has 2 N–H and O–H groups in total. The summed E-state index contributed by atoms with van der Waals surface area (Å²) in [5.41, 5.74) is 13.7. The molecule has 0 saturated carbocycles. The van der Waals surface area contributed by atoms with Crippen LogP contribution in [0.4, 0.5) is 10.5 Å². The van der Waals surface area contributed by atoms with Crippen molar-refractivity contribution in [3.05, 3.63) is 61.8 Å². The zero-order chi connectivity index (χ0) is 20.5. The zero-order valence-corrected chi connectivity index (χ0v) is 18.6. The Balaban J connectivity index is 1.83. The first-order valence-electron chi connectivity index (χ1n) is 9.86. The lowest BCUT2D eigenvalue weighted by atomic mass is 9.88. The van der Waals surface area contributed by atoms with Gasteiger partial charge >= 0.3 is 6.09 Å².